The summed E-state index contributed by atoms with van der Waals surface area (Å²) in [4.78, 5) is 24.2. The molecule has 1 aromatic heterocycles. The fourth-order valence-corrected chi connectivity index (χ4v) is 2.95. The van der Waals surface area contributed by atoms with Gasteiger partial charge in [0.1, 0.15) is 17.0 Å². The van der Waals surface area contributed by atoms with Crippen molar-refractivity contribution in [3.05, 3.63) is 41.7 Å². The molecule has 0 spiro atoms. The van der Waals surface area contributed by atoms with Crippen LogP contribution in [0.2, 0.25) is 0 Å². The SMILES string of the molecule is Cc1onc(-c2ccccc2)c1C(=O)OCC(=O)NC1CCCC1. The van der Waals surface area contributed by atoms with Crippen LogP contribution in [0, 0.1) is 6.92 Å². The molecule has 0 aliphatic heterocycles. The Kier molecular flexibility index (Phi) is 4.93. The number of benzene rings is 1. The van der Waals surface area contributed by atoms with E-state index in [1.807, 2.05) is 30.3 Å². The van der Waals surface area contributed by atoms with Gasteiger partial charge in [0.2, 0.25) is 0 Å². The molecule has 24 heavy (non-hydrogen) atoms. The molecular weight excluding hydrogens is 308 g/mol. The van der Waals surface area contributed by atoms with Gasteiger partial charge in [0.25, 0.3) is 5.91 Å². The Bertz CT molecular complexity index is 718. The van der Waals surface area contributed by atoms with E-state index in [0.29, 0.717) is 11.5 Å². The molecule has 1 fully saturated rings. The molecule has 0 atom stereocenters. The van der Waals surface area contributed by atoms with Gasteiger partial charge in [-0.1, -0.05) is 48.3 Å². The van der Waals surface area contributed by atoms with Crippen molar-refractivity contribution in [2.75, 3.05) is 6.61 Å². The van der Waals surface area contributed by atoms with Crippen LogP contribution in [0.1, 0.15) is 41.8 Å². The Hall–Kier alpha value is -2.63. The van der Waals surface area contributed by atoms with Gasteiger partial charge in [-0.15, -0.1) is 0 Å². The van der Waals surface area contributed by atoms with Gasteiger partial charge >= 0.3 is 5.97 Å². The van der Waals surface area contributed by atoms with E-state index in [9.17, 15) is 9.59 Å². The molecule has 126 valence electrons. The standard InChI is InChI=1S/C18H20N2O4/c1-12-16(17(20-24-12)13-7-3-2-4-8-13)18(22)23-11-15(21)19-14-9-5-6-10-14/h2-4,7-8,14H,5-6,9-11H2,1H3,(H,19,21). The fraction of sp³-hybridized carbons (Fsp3) is 0.389. The summed E-state index contributed by atoms with van der Waals surface area (Å²) in [5, 5.41) is 6.83. The van der Waals surface area contributed by atoms with Crippen LogP contribution >= 0.6 is 0 Å². The van der Waals surface area contributed by atoms with E-state index >= 15 is 0 Å². The summed E-state index contributed by atoms with van der Waals surface area (Å²) in [6, 6.07) is 9.45. The number of aryl methyl sites for hydroxylation is 1. The minimum absolute atomic E-state index is 0.202. The second-order valence-corrected chi connectivity index (χ2v) is 5.95. The largest absolute Gasteiger partial charge is 0.452 e. The number of carbonyl (C=O) groups excluding carboxylic acids is 2. The molecule has 0 unspecified atom stereocenters. The summed E-state index contributed by atoms with van der Waals surface area (Å²) >= 11 is 0. The third-order valence-corrected chi connectivity index (χ3v) is 4.17. The molecule has 1 aliphatic rings. The first-order valence-electron chi connectivity index (χ1n) is 8.13. The Labute approximate surface area is 140 Å². The lowest BCUT2D eigenvalue weighted by Crippen LogP contribution is -2.35. The molecular formula is C18H20N2O4. The number of nitrogens with zero attached hydrogens (tertiary/aromatic N) is 1. The van der Waals surface area contributed by atoms with Crippen LogP contribution in [0.15, 0.2) is 34.9 Å². The van der Waals surface area contributed by atoms with Crippen molar-refractivity contribution in [3.63, 3.8) is 0 Å². The summed E-state index contributed by atoms with van der Waals surface area (Å²) in [6.45, 7) is 1.35. The molecule has 3 rings (SSSR count). The molecule has 1 aromatic carbocycles. The fourth-order valence-electron chi connectivity index (χ4n) is 2.95. The lowest BCUT2D eigenvalue weighted by atomic mass is 10.1. The third-order valence-electron chi connectivity index (χ3n) is 4.17. The zero-order valence-electron chi connectivity index (χ0n) is 13.6. The molecule has 1 N–H and O–H groups in total. The number of esters is 1. The van der Waals surface area contributed by atoms with Gasteiger partial charge in [-0.25, -0.2) is 4.79 Å². The molecule has 0 bridgehead atoms. The smallest absolute Gasteiger partial charge is 0.344 e. The molecule has 1 amide bonds. The van der Waals surface area contributed by atoms with E-state index < -0.39 is 5.97 Å². The highest BCUT2D eigenvalue weighted by Crippen LogP contribution is 2.25. The highest BCUT2D eigenvalue weighted by molar-refractivity contribution is 5.98. The molecule has 6 heteroatoms. The lowest BCUT2D eigenvalue weighted by Gasteiger charge is -2.12. The Morgan fingerprint density at radius 1 is 1.25 bits per heavy atom. The van der Waals surface area contributed by atoms with Crippen LogP contribution < -0.4 is 5.32 Å². The van der Waals surface area contributed by atoms with E-state index in [2.05, 4.69) is 10.5 Å². The predicted octanol–water partition coefficient (Wildman–Crippen LogP) is 2.87. The maximum absolute atomic E-state index is 12.4. The second-order valence-electron chi connectivity index (χ2n) is 5.95. The van der Waals surface area contributed by atoms with E-state index in [0.717, 1.165) is 31.2 Å². The van der Waals surface area contributed by atoms with E-state index in [1.54, 1.807) is 6.92 Å². The molecule has 1 aliphatic carbocycles. The maximum Gasteiger partial charge on any atom is 0.344 e. The number of ether oxygens (including phenoxy) is 1. The van der Waals surface area contributed by atoms with Crippen LogP contribution in [0.3, 0.4) is 0 Å². The molecule has 1 saturated carbocycles. The topological polar surface area (TPSA) is 81.4 Å². The van der Waals surface area contributed by atoms with Crippen molar-refractivity contribution in [2.24, 2.45) is 0 Å². The van der Waals surface area contributed by atoms with Gasteiger partial charge in [0.15, 0.2) is 6.61 Å². The van der Waals surface area contributed by atoms with E-state index in [4.69, 9.17) is 9.26 Å². The normalized spacial score (nSPS) is 14.5. The number of nitrogens with one attached hydrogen (secondary N) is 1. The summed E-state index contributed by atoms with van der Waals surface area (Å²) in [7, 11) is 0. The predicted molar refractivity (Wildman–Crippen MR) is 87.4 cm³/mol. The van der Waals surface area contributed by atoms with Crippen LogP contribution in [0.5, 0.6) is 0 Å². The van der Waals surface area contributed by atoms with Gasteiger partial charge < -0.3 is 14.6 Å². The van der Waals surface area contributed by atoms with Gasteiger partial charge in [-0.2, -0.15) is 0 Å². The van der Waals surface area contributed by atoms with Crippen molar-refractivity contribution in [3.8, 4) is 11.3 Å². The Morgan fingerprint density at radius 2 is 1.96 bits per heavy atom. The summed E-state index contributed by atoms with van der Waals surface area (Å²) in [5.41, 5.74) is 1.45. The van der Waals surface area contributed by atoms with E-state index in [1.165, 1.54) is 0 Å². The highest BCUT2D eigenvalue weighted by atomic mass is 16.5. The van der Waals surface area contributed by atoms with Crippen LogP contribution in [0.25, 0.3) is 11.3 Å². The lowest BCUT2D eigenvalue weighted by molar-refractivity contribution is -0.124. The number of hydrogen-bond donors (Lipinski definition) is 1. The molecule has 1 heterocycles. The van der Waals surface area contributed by atoms with Crippen molar-refractivity contribution < 1.29 is 18.8 Å². The first-order valence-corrected chi connectivity index (χ1v) is 8.13. The Morgan fingerprint density at radius 3 is 2.67 bits per heavy atom. The number of carbonyl (C=O) groups is 2. The van der Waals surface area contributed by atoms with Gasteiger partial charge in [-0.3, -0.25) is 4.79 Å². The van der Waals surface area contributed by atoms with E-state index in [-0.39, 0.29) is 24.1 Å². The number of amides is 1. The maximum atomic E-state index is 12.4. The highest BCUT2D eigenvalue weighted by Gasteiger charge is 2.24. The number of hydrogen-bond acceptors (Lipinski definition) is 5. The molecule has 0 saturated heterocycles. The second kappa shape index (κ2) is 7.29. The van der Waals surface area contributed by atoms with Gasteiger partial charge in [0, 0.05) is 11.6 Å². The molecule has 6 nitrogen and oxygen atoms in total. The Balaban J connectivity index is 1.65. The third kappa shape index (κ3) is 3.64. The molecule has 2 aromatic rings. The van der Waals surface area contributed by atoms with Gasteiger partial charge in [0.05, 0.1) is 0 Å². The first-order chi connectivity index (χ1) is 11.6. The quantitative estimate of drug-likeness (QED) is 0.854. The van der Waals surface area contributed by atoms with Crippen molar-refractivity contribution in [2.45, 2.75) is 38.6 Å². The van der Waals surface area contributed by atoms with Crippen LogP contribution in [0.4, 0.5) is 0 Å². The van der Waals surface area contributed by atoms with Crippen molar-refractivity contribution in [1.82, 2.24) is 10.5 Å². The average molecular weight is 328 g/mol. The minimum atomic E-state index is -0.603. The van der Waals surface area contributed by atoms with Gasteiger partial charge in [-0.05, 0) is 19.8 Å². The number of rotatable bonds is 5. The summed E-state index contributed by atoms with van der Waals surface area (Å²) < 4.78 is 10.3. The number of aromatic nitrogens is 1. The van der Waals surface area contributed by atoms with Crippen molar-refractivity contribution in [1.29, 1.82) is 0 Å². The average Bonchev–Trinajstić information content (AvgIpc) is 3.23. The zero-order valence-corrected chi connectivity index (χ0v) is 13.6. The van der Waals surface area contributed by atoms with Crippen molar-refractivity contribution >= 4 is 11.9 Å². The van der Waals surface area contributed by atoms with Crippen LogP contribution in [-0.4, -0.2) is 29.7 Å². The zero-order chi connectivity index (χ0) is 16.9. The summed E-state index contributed by atoms with van der Waals surface area (Å²) in [6.07, 6.45) is 4.24. The summed E-state index contributed by atoms with van der Waals surface area (Å²) in [5.74, 6) is -0.505. The molecule has 0 radical (unpaired) electrons. The monoisotopic (exact) mass is 328 g/mol. The van der Waals surface area contributed by atoms with Crippen LogP contribution in [-0.2, 0) is 9.53 Å². The first kappa shape index (κ1) is 16.2. The minimum Gasteiger partial charge on any atom is -0.452 e.